The Morgan fingerprint density at radius 2 is 2.22 bits per heavy atom. The molecular weight excluding hydrogens is 318 g/mol. The molecule has 0 N–H and O–H groups in total. The molecule has 6 heteroatoms. The zero-order chi connectivity index (χ0) is 16.4. The Hall–Kier alpha value is -1.77. The van der Waals surface area contributed by atoms with Crippen molar-refractivity contribution in [2.24, 2.45) is 5.41 Å². The minimum Gasteiger partial charge on any atom is -0.492 e. The van der Waals surface area contributed by atoms with Crippen LogP contribution in [-0.4, -0.2) is 32.2 Å². The maximum absolute atomic E-state index is 12.3. The molecule has 1 aromatic carbocycles. The molecule has 1 heterocycles. The summed E-state index contributed by atoms with van der Waals surface area (Å²) in [5.74, 6) is 0.904. The molecule has 1 unspecified atom stereocenters. The number of ketones is 1. The number of hydrogen-bond acceptors (Lipinski definition) is 5. The van der Waals surface area contributed by atoms with Gasteiger partial charge in [0.1, 0.15) is 17.6 Å². The first-order valence-corrected chi connectivity index (χ1v) is 8.04. The van der Waals surface area contributed by atoms with Gasteiger partial charge in [0, 0.05) is 32.6 Å². The molecule has 1 fully saturated rings. The van der Waals surface area contributed by atoms with Crippen LogP contribution in [0.1, 0.15) is 36.0 Å². The van der Waals surface area contributed by atoms with Crippen LogP contribution in [0.3, 0.4) is 0 Å². The average Bonchev–Trinajstić information content (AvgIpc) is 3.34. The van der Waals surface area contributed by atoms with Crippen LogP contribution in [0.2, 0.25) is 5.02 Å². The van der Waals surface area contributed by atoms with E-state index in [9.17, 15) is 10.1 Å². The fraction of sp³-hybridized carbons (Fsp3) is 0.529. The molecule has 1 saturated carbocycles. The van der Waals surface area contributed by atoms with E-state index < -0.39 is 5.41 Å². The van der Waals surface area contributed by atoms with Gasteiger partial charge in [0.05, 0.1) is 28.7 Å². The molecule has 0 aromatic heterocycles. The Morgan fingerprint density at radius 1 is 1.43 bits per heavy atom. The zero-order valence-electron chi connectivity index (χ0n) is 12.9. The first kappa shape index (κ1) is 16.1. The Balaban J connectivity index is 1.79. The van der Waals surface area contributed by atoms with Gasteiger partial charge in [-0.2, -0.15) is 5.26 Å². The number of rotatable bonds is 6. The number of fused-ring (bicyclic) bond motifs is 1. The van der Waals surface area contributed by atoms with Crippen LogP contribution in [0.25, 0.3) is 0 Å². The third-order valence-corrected chi connectivity index (χ3v) is 4.65. The highest BCUT2D eigenvalue weighted by Crippen LogP contribution is 2.52. The Labute approximate surface area is 140 Å². The van der Waals surface area contributed by atoms with E-state index in [0.717, 1.165) is 19.3 Å². The van der Waals surface area contributed by atoms with Crippen LogP contribution in [0.15, 0.2) is 12.1 Å². The van der Waals surface area contributed by atoms with Gasteiger partial charge in [-0.1, -0.05) is 11.6 Å². The van der Waals surface area contributed by atoms with E-state index in [1.54, 1.807) is 19.2 Å². The second-order valence-corrected chi connectivity index (χ2v) is 6.38. The molecule has 5 nitrogen and oxygen atoms in total. The average molecular weight is 336 g/mol. The normalized spacial score (nSPS) is 21.1. The van der Waals surface area contributed by atoms with Gasteiger partial charge in [0.25, 0.3) is 0 Å². The molecule has 2 aliphatic rings. The van der Waals surface area contributed by atoms with Gasteiger partial charge in [-0.25, -0.2) is 0 Å². The number of carbonyl (C=O) groups is 1. The van der Waals surface area contributed by atoms with Gasteiger partial charge in [-0.3, -0.25) is 4.79 Å². The van der Waals surface area contributed by atoms with Crippen molar-refractivity contribution in [2.45, 2.75) is 31.8 Å². The number of halogens is 1. The number of nitriles is 1. The second-order valence-electron chi connectivity index (χ2n) is 5.98. The number of hydrogen-bond donors (Lipinski definition) is 0. The molecule has 122 valence electrons. The van der Waals surface area contributed by atoms with E-state index in [1.165, 1.54) is 0 Å². The lowest BCUT2D eigenvalue weighted by Crippen LogP contribution is -2.34. The standard InChI is InChI=1S/C17H18ClNO4/c1-21-5-2-6-22-15-9-14-11(7-12(15)18)13(20)8-16(23-14)17(10-19)3-4-17/h7,9,16H,2-6,8H2,1H3. The van der Waals surface area contributed by atoms with Crippen molar-refractivity contribution >= 4 is 17.4 Å². The van der Waals surface area contributed by atoms with Crippen molar-refractivity contribution in [3.05, 3.63) is 22.7 Å². The minimum absolute atomic E-state index is 0.0365. The SMILES string of the molecule is COCCCOc1cc2c(cc1Cl)C(=O)CC(C1(C#N)CC1)O2. The fourth-order valence-corrected chi connectivity index (χ4v) is 2.99. The molecule has 23 heavy (non-hydrogen) atoms. The number of methoxy groups -OCH3 is 1. The number of nitrogens with zero attached hydrogens (tertiary/aromatic N) is 1. The predicted octanol–water partition coefficient (Wildman–Crippen LogP) is 3.39. The van der Waals surface area contributed by atoms with Crippen LogP contribution in [0.4, 0.5) is 0 Å². The second kappa shape index (κ2) is 6.38. The summed E-state index contributed by atoms with van der Waals surface area (Å²) in [5.41, 5.74) is -0.0452. The largest absolute Gasteiger partial charge is 0.492 e. The molecule has 0 saturated heterocycles. The molecule has 1 aliphatic carbocycles. The van der Waals surface area contributed by atoms with Gasteiger partial charge in [0.15, 0.2) is 5.78 Å². The Morgan fingerprint density at radius 3 is 2.87 bits per heavy atom. The highest BCUT2D eigenvalue weighted by Gasteiger charge is 2.53. The zero-order valence-corrected chi connectivity index (χ0v) is 13.7. The summed E-state index contributed by atoms with van der Waals surface area (Å²) in [5, 5.41) is 9.70. The van der Waals surface area contributed by atoms with E-state index >= 15 is 0 Å². The lowest BCUT2D eigenvalue weighted by atomic mass is 9.91. The van der Waals surface area contributed by atoms with Crippen molar-refractivity contribution in [1.82, 2.24) is 0 Å². The van der Waals surface area contributed by atoms with Crippen LogP contribution in [0, 0.1) is 16.7 Å². The van der Waals surface area contributed by atoms with Crippen LogP contribution in [-0.2, 0) is 4.74 Å². The summed E-state index contributed by atoms with van der Waals surface area (Å²) in [6.45, 7) is 1.07. The molecule has 1 atom stereocenters. The quantitative estimate of drug-likeness (QED) is 0.745. The summed E-state index contributed by atoms with van der Waals surface area (Å²) in [6.07, 6.45) is 2.15. The summed E-state index contributed by atoms with van der Waals surface area (Å²) in [6, 6.07) is 5.54. The van der Waals surface area contributed by atoms with Crippen LogP contribution in [0.5, 0.6) is 11.5 Å². The number of Topliss-reactive ketones (excluding diaryl/α,β-unsaturated/α-hetero) is 1. The summed E-state index contributed by atoms with van der Waals surface area (Å²) in [4.78, 5) is 12.3. The Bertz CT molecular complexity index is 663. The molecule has 0 bridgehead atoms. The van der Waals surface area contributed by atoms with E-state index in [2.05, 4.69) is 6.07 Å². The maximum Gasteiger partial charge on any atom is 0.170 e. The molecule has 0 spiro atoms. The van der Waals surface area contributed by atoms with Crippen molar-refractivity contribution in [3.63, 3.8) is 0 Å². The summed E-state index contributed by atoms with van der Waals surface area (Å²) >= 11 is 6.19. The fourth-order valence-electron chi connectivity index (χ4n) is 2.77. The molecular formula is C17H18ClNO4. The third kappa shape index (κ3) is 3.15. The third-order valence-electron chi connectivity index (χ3n) is 4.35. The van der Waals surface area contributed by atoms with Crippen LogP contribution < -0.4 is 9.47 Å². The maximum atomic E-state index is 12.3. The molecule has 1 aliphatic heterocycles. The van der Waals surface area contributed by atoms with E-state index in [0.29, 0.717) is 35.3 Å². The highest BCUT2D eigenvalue weighted by molar-refractivity contribution is 6.32. The van der Waals surface area contributed by atoms with Crippen molar-refractivity contribution in [3.8, 4) is 17.6 Å². The summed E-state index contributed by atoms with van der Waals surface area (Å²) in [7, 11) is 1.63. The van der Waals surface area contributed by atoms with Gasteiger partial charge in [0.2, 0.25) is 0 Å². The minimum atomic E-state index is -0.507. The first-order chi connectivity index (χ1) is 11.1. The number of carbonyl (C=O) groups excluding carboxylic acids is 1. The number of ether oxygens (including phenoxy) is 3. The van der Waals surface area contributed by atoms with E-state index in [1.807, 2.05) is 0 Å². The molecule has 3 rings (SSSR count). The first-order valence-electron chi connectivity index (χ1n) is 7.66. The lowest BCUT2D eigenvalue weighted by Gasteiger charge is -2.28. The van der Waals surface area contributed by atoms with Crippen molar-refractivity contribution < 1.29 is 19.0 Å². The topological polar surface area (TPSA) is 68.5 Å². The van der Waals surface area contributed by atoms with Crippen LogP contribution >= 0.6 is 11.6 Å². The Kier molecular flexibility index (Phi) is 4.47. The van der Waals surface area contributed by atoms with Gasteiger partial charge in [-0.15, -0.1) is 0 Å². The monoisotopic (exact) mass is 335 g/mol. The number of benzene rings is 1. The summed E-state index contributed by atoms with van der Waals surface area (Å²) < 4.78 is 16.5. The van der Waals surface area contributed by atoms with Crippen molar-refractivity contribution in [2.75, 3.05) is 20.3 Å². The molecule has 0 amide bonds. The van der Waals surface area contributed by atoms with Gasteiger partial charge < -0.3 is 14.2 Å². The lowest BCUT2D eigenvalue weighted by molar-refractivity contribution is 0.0761. The van der Waals surface area contributed by atoms with E-state index in [-0.39, 0.29) is 18.3 Å². The smallest absolute Gasteiger partial charge is 0.170 e. The molecule has 1 aromatic rings. The van der Waals surface area contributed by atoms with Gasteiger partial charge >= 0.3 is 0 Å². The van der Waals surface area contributed by atoms with E-state index in [4.69, 9.17) is 25.8 Å². The predicted molar refractivity (Wildman–Crippen MR) is 84.1 cm³/mol. The van der Waals surface area contributed by atoms with Gasteiger partial charge in [-0.05, 0) is 18.9 Å². The highest BCUT2D eigenvalue weighted by atomic mass is 35.5. The molecule has 0 radical (unpaired) electrons. The van der Waals surface area contributed by atoms with Crippen molar-refractivity contribution in [1.29, 1.82) is 5.26 Å².